The number of fused-ring (bicyclic) bond motifs is 1. The molecule has 0 radical (unpaired) electrons. The molecule has 0 aliphatic heterocycles. The lowest BCUT2D eigenvalue weighted by atomic mass is 10.1. The van der Waals surface area contributed by atoms with E-state index in [9.17, 15) is 4.79 Å². The minimum absolute atomic E-state index is 0.202. The number of nitrogens with zero attached hydrogens (tertiary/aromatic N) is 3. The molecule has 0 N–H and O–H groups in total. The van der Waals surface area contributed by atoms with Gasteiger partial charge in [0, 0.05) is 12.2 Å². The quantitative estimate of drug-likeness (QED) is 0.523. The van der Waals surface area contributed by atoms with Crippen LogP contribution in [0.25, 0.3) is 11.0 Å². The molecule has 26 heavy (non-hydrogen) atoms. The summed E-state index contributed by atoms with van der Waals surface area (Å²) in [6.45, 7) is 3.97. The maximum Gasteiger partial charge on any atom is 0.375 e. The van der Waals surface area contributed by atoms with Gasteiger partial charge in [0.25, 0.3) is 0 Å². The highest BCUT2D eigenvalue weighted by Crippen LogP contribution is 2.24. The van der Waals surface area contributed by atoms with Crippen molar-refractivity contribution < 1.29 is 14.3 Å². The van der Waals surface area contributed by atoms with Gasteiger partial charge in [0.15, 0.2) is 0 Å². The highest BCUT2D eigenvalue weighted by molar-refractivity contribution is 5.84. The summed E-state index contributed by atoms with van der Waals surface area (Å²) >= 11 is 0. The van der Waals surface area contributed by atoms with Crippen LogP contribution >= 0.6 is 0 Å². The lowest BCUT2D eigenvalue weighted by molar-refractivity contribution is -0.176. The Morgan fingerprint density at radius 2 is 1.81 bits per heavy atom. The molecule has 0 saturated heterocycles. The van der Waals surface area contributed by atoms with Gasteiger partial charge in [-0.05, 0) is 44.0 Å². The van der Waals surface area contributed by atoms with Gasteiger partial charge in [-0.25, -0.2) is 4.79 Å². The molecule has 6 heteroatoms. The van der Waals surface area contributed by atoms with Gasteiger partial charge in [-0.15, -0.1) is 5.10 Å². The summed E-state index contributed by atoms with van der Waals surface area (Å²) in [6.07, 6.45) is 0. The normalized spacial score (nSPS) is 12.8. The summed E-state index contributed by atoms with van der Waals surface area (Å²) in [5.41, 5.74) is 0.320. The first-order valence-electron chi connectivity index (χ1n) is 8.41. The molecule has 0 fully saturated rings. The first-order valence-corrected chi connectivity index (χ1v) is 8.41. The van der Waals surface area contributed by atoms with E-state index in [4.69, 9.17) is 9.47 Å². The Balaban J connectivity index is 2.20. The van der Waals surface area contributed by atoms with Gasteiger partial charge in [0.2, 0.25) is 0 Å². The largest absolute Gasteiger partial charge is 0.462 e. The zero-order valence-electron chi connectivity index (χ0n) is 14.7. The minimum atomic E-state index is -1.71. The van der Waals surface area contributed by atoms with Crippen LogP contribution in [0.3, 0.4) is 0 Å². The number of aromatic nitrogens is 3. The summed E-state index contributed by atoms with van der Waals surface area (Å²) in [4.78, 5) is 12.9. The van der Waals surface area contributed by atoms with Gasteiger partial charge in [0.05, 0.1) is 12.1 Å². The van der Waals surface area contributed by atoms with Crippen LogP contribution in [0.4, 0.5) is 0 Å². The molecule has 3 aromatic rings. The molecule has 0 spiro atoms. The lowest BCUT2D eigenvalue weighted by Crippen LogP contribution is -2.45. The fraction of sp³-hybridized carbons (Fsp3) is 0.250. The number of carbonyl (C=O) groups excluding carboxylic acids is 1. The van der Waals surface area contributed by atoms with E-state index in [-0.39, 0.29) is 13.2 Å². The number of benzene rings is 2. The van der Waals surface area contributed by atoms with Crippen LogP contribution in [-0.4, -0.2) is 34.2 Å². The Bertz CT molecular complexity index is 956. The maximum absolute atomic E-state index is 12.9. The molecule has 0 saturated carbocycles. The molecular weight excluding hydrogens is 330 g/mol. The molecule has 6 nitrogen and oxygen atoms in total. The molecule has 1 unspecified atom stereocenters. The topological polar surface area (TPSA) is 66.2 Å². The monoisotopic (exact) mass is 349 g/mol. The third-order valence-corrected chi connectivity index (χ3v) is 3.71. The van der Waals surface area contributed by atoms with Gasteiger partial charge in [-0.2, -0.15) is 4.68 Å². The van der Waals surface area contributed by atoms with E-state index in [0.717, 1.165) is 5.56 Å². The predicted octanol–water partition coefficient (Wildman–Crippen LogP) is 2.74. The Morgan fingerprint density at radius 3 is 2.54 bits per heavy atom. The van der Waals surface area contributed by atoms with Crippen LogP contribution in [-0.2, 0) is 20.0 Å². The van der Waals surface area contributed by atoms with E-state index in [1.54, 1.807) is 13.8 Å². The fourth-order valence-electron chi connectivity index (χ4n) is 2.56. The van der Waals surface area contributed by atoms with Crippen molar-refractivity contribution in [3.05, 3.63) is 60.2 Å². The summed E-state index contributed by atoms with van der Waals surface area (Å²) in [6, 6.07) is 16.7. The highest BCUT2D eigenvalue weighted by atomic mass is 16.6. The smallest absolute Gasteiger partial charge is 0.375 e. The molecule has 0 amide bonds. The Morgan fingerprint density at radius 1 is 1.08 bits per heavy atom. The lowest BCUT2D eigenvalue weighted by Gasteiger charge is -2.26. The van der Waals surface area contributed by atoms with E-state index in [1.807, 2.05) is 54.6 Å². The zero-order valence-corrected chi connectivity index (χ0v) is 14.7. The van der Waals surface area contributed by atoms with Gasteiger partial charge < -0.3 is 9.47 Å². The Kier molecular flexibility index (Phi) is 5.30. The number of para-hydroxylation sites is 1. The van der Waals surface area contributed by atoms with Crippen molar-refractivity contribution in [3.63, 3.8) is 0 Å². The first-order chi connectivity index (χ1) is 12.7. The molecular formula is C20H19N3O3. The number of ether oxygens (including phenoxy) is 2. The van der Waals surface area contributed by atoms with Crippen molar-refractivity contribution in [2.75, 3.05) is 13.2 Å². The number of rotatable bonds is 5. The van der Waals surface area contributed by atoms with Crippen LogP contribution in [0.2, 0.25) is 0 Å². The Labute approximate surface area is 151 Å². The van der Waals surface area contributed by atoms with Gasteiger partial charge in [0.1, 0.15) is 5.52 Å². The molecule has 3 rings (SSSR count). The summed E-state index contributed by atoms with van der Waals surface area (Å²) in [5.74, 6) is 5.32. The molecule has 1 atom stereocenters. The summed E-state index contributed by atoms with van der Waals surface area (Å²) in [7, 11) is 0. The molecule has 132 valence electrons. The number of hydrogen-bond acceptors (Lipinski definition) is 5. The van der Waals surface area contributed by atoms with Crippen LogP contribution in [0, 0.1) is 11.8 Å². The third kappa shape index (κ3) is 3.30. The zero-order chi connectivity index (χ0) is 18.4. The van der Waals surface area contributed by atoms with E-state index >= 15 is 0 Å². The first kappa shape index (κ1) is 17.6. The van der Waals surface area contributed by atoms with E-state index < -0.39 is 11.7 Å². The van der Waals surface area contributed by atoms with Crippen molar-refractivity contribution in [1.82, 2.24) is 15.0 Å². The van der Waals surface area contributed by atoms with Crippen LogP contribution in [0.15, 0.2) is 54.6 Å². The molecule has 0 aliphatic rings. The second kappa shape index (κ2) is 7.81. The third-order valence-electron chi connectivity index (χ3n) is 3.71. The van der Waals surface area contributed by atoms with Gasteiger partial charge >= 0.3 is 11.7 Å². The molecule has 0 bridgehead atoms. The average molecular weight is 349 g/mol. The minimum Gasteiger partial charge on any atom is -0.462 e. The predicted molar refractivity (Wildman–Crippen MR) is 97.1 cm³/mol. The van der Waals surface area contributed by atoms with Crippen molar-refractivity contribution >= 4 is 17.0 Å². The van der Waals surface area contributed by atoms with Crippen LogP contribution < -0.4 is 0 Å². The molecule has 0 aliphatic carbocycles. The highest BCUT2D eigenvalue weighted by Gasteiger charge is 2.44. The van der Waals surface area contributed by atoms with Gasteiger partial charge in [-0.1, -0.05) is 41.5 Å². The van der Waals surface area contributed by atoms with Crippen molar-refractivity contribution in [2.24, 2.45) is 0 Å². The van der Waals surface area contributed by atoms with E-state index in [2.05, 4.69) is 22.2 Å². The molecule has 1 aromatic heterocycles. The van der Waals surface area contributed by atoms with Crippen LogP contribution in [0.5, 0.6) is 0 Å². The summed E-state index contributed by atoms with van der Waals surface area (Å²) < 4.78 is 12.5. The fourth-order valence-corrected chi connectivity index (χ4v) is 2.56. The second-order valence-electron chi connectivity index (χ2n) is 5.40. The SMILES string of the molecule is CCOC(=O)C(C#Cc1ccccc1)(OCC)n1nnc2ccccc21. The van der Waals surface area contributed by atoms with Crippen LogP contribution in [0.1, 0.15) is 19.4 Å². The molecule has 1 heterocycles. The summed E-state index contributed by atoms with van der Waals surface area (Å²) in [5, 5.41) is 8.26. The molecule has 2 aromatic carbocycles. The number of carbonyl (C=O) groups is 1. The van der Waals surface area contributed by atoms with Crippen molar-refractivity contribution in [3.8, 4) is 11.8 Å². The second-order valence-corrected chi connectivity index (χ2v) is 5.40. The maximum atomic E-state index is 12.9. The van der Waals surface area contributed by atoms with E-state index in [1.165, 1.54) is 4.68 Å². The Hall–Kier alpha value is -3.17. The van der Waals surface area contributed by atoms with Crippen molar-refractivity contribution in [1.29, 1.82) is 0 Å². The van der Waals surface area contributed by atoms with Gasteiger partial charge in [-0.3, -0.25) is 0 Å². The number of hydrogen-bond donors (Lipinski definition) is 0. The number of esters is 1. The van der Waals surface area contributed by atoms with E-state index in [0.29, 0.717) is 11.0 Å². The standard InChI is InChI=1S/C20H19N3O3/c1-3-25-19(24)20(26-4-2,15-14-16-10-6-5-7-11-16)23-18-13-9-8-12-17(18)21-22-23/h5-13H,3-4H2,1-2H3. The average Bonchev–Trinajstić information content (AvgIpc) is 3.11. The van der Waals surface area contributed by atoms with Crippen molar-refractivity contribution in [2.45, 2.75) is 19.6 Å².